The minimum absolute atomic E-state index is 0.00600. The Hall–Kier alpha value is -3.10. The molecule has 4 rings (SSSR count). The third kappa shape index (κ3) is 6.07. The first-order chi connectivity index (χ1) is 16.4. The van der Waals surface area contributed by atoms with Crippen molar-refractivity contribution in [2.75, 3.05) is 10.7 Å². The first-order valence-corrected chi connectivity index (χ1v) is 13.6. The van der Waals surface area contributed by atoms with Gasteiger partial charge in [0.1, 0.15) is 4.90 Å². The summed E-state index contributed by atoms with van der Waals surface area (Å²) in [6.45, 7) is 2.43. The zero-order valence-electron chi connectivity index (χ0n) is 18.9. The van der Waals surface area contributed by atoms with Crippen LogP contribution in [0.1, 0.15) is 24.5 Å². The summed E-state index contributed by atoms with van der Waals surface area (Å²) in [5, 5.41) is 3.31. The topological polar surface area (TPSA) is 78.8 Å². The van der Waals surface area contributed by atoms with Crippen LogP contribution in [0.5, 0.6) is 0 Å². The number of hydrogen-bond donors (Lipinski definition) is 1. The van der Waals surface area contributed by atoms with Crippen molar-refractivity contribution < 1.29 is 13.2 Å². The molecule has 0 saturated carbocycles. The predicted octanol–water partition coefficient (Wildman–Crippen LogP) is 4.62. The normalized spacial score (nSPS) is 15.2. The highest BCUT2D eigenvalue weighted by Crippen LogP contribution is 2.35. The summed E-state index contributed by atoms with van der Waals surface area (Å²) >= 11 is 1.14. The minimum atomic E-state index is -3.83. The summed E-state index contributed by atoms with van der Waals surface area (Å²) in [6, 6.07) is 26.8. The van der Waals surface area contributed by atoms with Gasteiger partial charge in [0.05, 0.1) is 18.0 Å². The van der Waals surface area contributed by atoms with Gasteiger partial charge in [-0.05, 0) is 43.0 Å². The maximum Gasteiger partial charge on any atom is 0.286 e. The Bertz CT molecular complexity index is 1260. The number of nitrogens with one attached hydrogen (secondary N) is 1. The van der Waals surface area contributed by atoms with Gasteiger partial charge < -0.3 is 10.2 Å². The fraction of sp³-hybridized carbons (Fsp3) is 0.231. The number of nitrogens with zero attached hydrogens (tertiary/aromatic N) is 2. The fourth-order valence-corrected chi connectivity index (χ4v) is 6.04. The molecule has 3 aromatic rings. The van der Waals surface area contributed by atoms with Crippen LogP contribution in [0.15, 0.2) is 94.2 Å². The SMILES string of the molecule is CC(CCc1ccccc1)NC(=O)CSC1=NS(=O)(=O)c2ccccc2N1Cc1ccccc1. The highest BCUT2D eigenvalue weighted by molar-refractivity contribution is 8.15. The molecule has 1 N–H and O–H groups in total. The monoisotopic (exact) mass is 493 g/mol. The molecule has 0 saturated heterocycles. The van der Waals surface area contributed by atoms with E-state index < -0.39 is 10.0 Å². The lowest BCUT2D eigenvalue weighted by Crippen LogP contribution is -2.37. The first kappa shape index (κ1) is 24.0. The second-order valence-electron chi connectivity index (χ2n) is 8.17. The minimum Gasteiger partial charge on any atom is -0.353 e. The van der Waals surface area contributed by atoms with Crippen LogP contribution in [0.25, 0.3) is 0 Å². The molecule has 34 heavy (non-hydrogen) atoms. The number of fused-ring (bicyclic) bond motifs is 1. The number of hydrogen-bond acceptors (Lipinski definition) is 5. The molecular formula is C26H27N3O3S2. The van der Waals surface area contributed by atoms with E-state index in [9.17, 15) is 13.2 Å². The number of benzene rings is 3. The van der Waals surface area contributed by atoms with Gasteiger partial charge in [-0.3, -0.25) is 4.79 Å². The molecule has 1 aliphatic heterocycles. The number of anilines is 1. The van der Waals surface area contributed by atoms with E-state index >= 15 is 0 Å². The van der Waals surface area contributed by atoms with Crippen LogP contribution in [0.2, 0.25) is 0 Å². The summed E-state index contributed by atoms with van der Waals surface area (Å²) in [4.78, 5) is 14.7. The number of para-hydroxylation sites is 1. The zero-order valence-corrected chi connectivity index (χ0v) is 20.6. The van der Waals surface area contributed by atoms with Crippen LogP contribution in [0.4, 0.5) is 5.69 Å². The van der Waals surface area contributed by atoms with Gasteiger partial charge in [0.25, 0.3) is 10.0 Å². The fourth-order valence-electron chi connectivity index (χ4n) is 3.77. The summed E-state index contributed by atoms with van der Waals surface area (Å²) < 4.78 is 29.6. The van der Waals surface area contributed by atoms with E-state index in [0.29, 0.717) is 17.4 Å². The van der Waals surface area contributed by atoms with Crippen molar-refractivity contribution in [3.8, 4) is 0 Å². The van der Waals surface area contributed by atoms with Crippen LogP contribution < -0.4 is 10.2 Å². The summed E-state index contributed by atoms with van der Waals surface area (Å²) in [6.07, 6.45) is 1.70. The number of amidine groups is 1. The molecular weight excluding hydrogens is 466 g/mol. The molecule has 0 bridgehead atoms. The lowest BCUT2D eigenvalue weighted by molar-refractivity contribution is -0.119. The quantitative estimate of drug-likeness (QED) is 0.495. The van der Waals surface area contributed by atoms with Crippen LogP contribution in [-0.4, -0.2) is 31.3 Å². The number of amides is 1. The molecule has 1 atom stereocenters. The Morgan fingerprint density at radius 1 is 0.941 bits per heavy atom. The smallest absolute Gasteiger partial charge is 0.286 e. The number of rotatable bonds is 8. The molecule has 0 radical (unpaired) electrons. The summed E-state index contributed by atoms with van der Waals surface area (Å²) in [5.41, 5.74) is 2.82. The van der Waals surface area contributed by atoms with E-state index in [0.717, 1.165) is 30.2 Å². The van der Waals surface area contributed by atoms with Crippen LogP contribution in [-0.2, 0) is 27.8 Å². The molecule has 176 valence electrons. The summed E-state index contributed by atoms with van der Waals surface area (Å²) in [7, 11) is -3.83. The molecule has 6 nitrogen and oxygen atoms in total. The molecule has 1 unspecified atom stereocenters. The predicted molar refractivity (Wildman–Crippen MR) is 139 cm³/mol. The number of carbonyl (C=O) groups is 1. The van der Waals surface area contributed by atoms with Crippen molar-refractivity contribution in [2.24, 2.45) is 4.40 Å². The van der Waals surface area contributed by atoms with Crippen molar-refractivity contribution >= 4 is 38.5 Å². The molecule has 0 aliphatic carbocycles. The van der Waals surface area contributed by atoms with Crippen molar-refractivity contribution in [2.45, 2.75) is 37.2 Å². The lowest BCUT2D eigenvalue weighted by atomic mass is 10.1. The van der Waals surface area contributed by atoms with Crippen LogP contribution in [0, 0.1) is 0 Å². The van der Waals surface area contributed by atoms with Gasteiger partial charge in [-0.1, -0.05) is 84.6 Å². The third-order valence-corrected chi connectivity index (χ3v) is 7.90. The lowest BCUT2D eigenvalue weighted by Gasteiger charge is -2.30. The Labute approximate surface area is 205 Å². The zero-order chi connectivity index (χ0) is 24.0. The van der Waals surface area contributed by atoms with Gasteiger partial charge in [0.2, 0.25) is 5.91 Å². The highest BCUT2D eigenvalue weighted by Gasteiger charge is 2.31. The van der Waals surface area contributed by atoms with E-state index in [2.05, 4.69) is 21.8 Å². The molecule has 3 aromatic carbocycles. The van der Waals surface area contributed by atoms with Gasteiger partial charge in [0, 0.05) is 6.04 Å². The van der Waals surface area contributed by atoms with Gasteiger partial charge >= 0.3 is 0 Å². The average Bonchev–Trinajstić information content (AvgIpc) is 2.85. The number of sulfonamides is 1. The van der Waals surface area contributed by atoms with Gasteiger partial charge in [-0.25, -0.2) is 0 Å². The van der Waals surface area contributed by atoms with E-state index in [-0.39, 0.29) is 22.6 Å². The van der Waals surface area contributed by atoms with Crippen molar-refractivity contribution in [1.82, 2.24) is 5.32 Å². The Balaban J connectivity index is 1.43. The molecule has 1 heterocycles. The van der Waals surface area contributed by atoms with E-state index in [1.807, 2.05) is 60.4 Å². The maximum atomic E-state index is 12.8. The largest absolute Gasteiger partial charge is 0.353 e. The second kappa shape index (κ2) is 10.9. The molecule has 1 amide bonds. The second-order valence-corrected chi connectivity index (χ2v) is 10.7. The van der Waals surface area contributed by atoms with E-state index in [4.69, 9.17) is 0 Å². The first-order valence-electron chi connectivity index (χ1n) is 11.1. The van der Waals surface area contributed by atoms with Gasteiger partial charge in [-0.15, -0.1) is 4.40 Å². The maximum absolute atomic E-state index is 12.8. The van der Waals surface area contributed by atoms with Crippen molar-refractivity contribution in [3.63, 3.8) is 0 Å². The molecule has 1 aliphatic rings. The molecule has 0 spiro atoms. The Morgan fingerprint density at radius 3 is 2.26 bits per heavy atom. The Kier molecular flexibility index (Phi) is 7.70. The molecule has 0 aromatic heterocycles. The Morgan fingerprint density at radius 2 is 1.56 bits per heavy atom. The molecule has 0 fully saturated rings. The van der Waals surface area contributed by atoms with Crippen LogP contribution >= 0.6 is 11.8 Å². The van der Waals surface area contributed by atoms with Crippen molar-refractivity contribution in [3.05, 3.63) is 96.1 Å². The summed E-state index contributed by atoms with van der Waals surface area (Å²) in [5.74, 6) is -0.0681. The van der Waals surface area contributed by atoms with E-state index in [1.54, 1.807) is 24.3 Å². The van der Waals surface area contributed by atoms with Crippen LogP contribution in [0.3, 0.4) is 0 Å². The number of aryl methyl sites for hydroxylation is 1. The number of carbonyl (C=O) groups excluding carboxylic acids is 1. The number of thioether (sulfide) groups is 1. The average molecular weight is 494 g/mol. The van der Waals surface area contributed by atoms with Crippen molar-refractivity contribution in [1.29, 1.82) is 0 Å². The standard InChI is InChI=1S/C26H27N3O3S2/c1-20(16-17-21-10-4-2-5-11-21)27-25(30)19-33-26-28-34(31,32)24-15-9-8-14-23(24)29(26)18-22-12-6-3-7-13-22/h2-15,20H,16-19H2,1H3,(H,27,30). The molecule has 8 heteroatoms. The third-order valence-electron chi connectivity index (χ3n) is 5.50. The highest BCUT2D eigenvalue weighted by atomic mass is 32.2. The van der Waals surface area contributed by atoms with Gasteiger partial charge in [0.15, 0.2) is 5.17 Å². The van der Waals surface area contributed by atoms with E-state index in [1.165, 1.54) is 5.56 Å². The van der Waals surface area contributed by atoms with Gasteiger partial charge in [-0.2, -0.15) is 8.42 Å².